The summed E-state index contributed by atoms with van der Waals surface area (Å²) in [6, 6.07) is 0. The molecule has 4 N–H and O–H groups in total. The molecule has 92 valence electrons. The number of nitrogens with zero attached hydrogens (tertiary/aromatic N) is 3. The van der Waals surface area contributed by atoms with E-state index in [1.807, 2.05) is 0 Å². The summed E-state index contributed by atoms with van der Waals surface area (Å²) in [6.45, 7) is 1.34. The Morgan fingerprint density at radius 1 is 1.44 bits per heavy atom. The lowest BCUT2D eigenvalue weighted by molar-refractivity contribution is 0.0941. The quantitative estimate of drug-likeness (QED) is 0.416. The third-order valence-electron chi connectivity index (χ3n) is 2.03. The molecule has 1 heterocycles. The lowest BCUT2D eigenvalue weighted by Gasteiger charge is -2.06. The molecule has 0 fully saturated rings. The van der Waals surface area contributed by atoms with Crippen LogP contribution >= 0.6 is 0 Å². The first-order valence-electron chi connectivity index (χ1n) is 5.25. The zero-order chi connectivity index (χ0) is 11.8. The Labute approximate surface area is 93.7 Å². The van der Waals surface area contributed by atoms with Crippen molar-refractivity contribution in [2.24, 2.45) is 0 Å². The van der Waals surface area contributed by atoms with Crippen LogP contribution in [-0.4, -0.2) is 56.2 Å². The average Bonchev–Trinajstić information content (AvgIpc) is 2.74. The van der Waals surface area contributed by atoms with Gasteiger partial charge in [-0.2, -0.15) is 0 Å². The summed E-state index contributed by atoms with van der Waals surface area (Å²) in [7, 11) is 0. The van der Waals surface area contributed by atoms with Gasteiger partial charge < -0.3 is 20.6 Å². The van der Waals surface area contributed by atoms with E-state index in [9.17, 15) is 0 Å². The molecule has 16 heavy (non-hydrogen) atoms. The summed E-state index contributed by atoms with van der Waals surface area (Å²) in [5.74, 6) is 0. The number of aliphatic hydroxyl groups excluding tert-OH is 3. The molecular formula is C9H18N4O3. The van der Waals surface area contributed by atoms with Crippen molar-refractivity contribution in [2.45, 2.75) is 25.6 Å². The van der Waals surface area contributed by atoms with Crippen molar-refractivity contribution in [3.63, 3.8) is 0 Å². The Morgan fingerprint density at radius 2 is 2.25 bits per heavy atom. The van der Waals surface area contributed by atoms with Crippen LogP contribution in [0.25, 0.3) is 0 Å². The Hall–Kier alpha value is -1.02. The molecular weight excluding hydrogens is 212 g/mol. The number of aryl methyl sites for hydroxylation is 1. The number of aliphatic hydroxyl groups is 3. The van der Waals surface area contributed by atoms with Crippen LogP contribution in [0.5, 0.6) is 0 Å². The molecule has 0 saturated carbocycles. The van der Waals surface area contributed by atoms with Gasteiger partial charge in [0.25, 0.3) is 0 Å². The van der Waals surface area contributed by atoms with Crippen LogP contribution in [0, 0.1) is 0 Å². The van der Waals surface area contributed by atoms with Crippen molar-refractivity contribution in [1.29, 1.82) is 0 Å². The van der Waals surface area contributed by atoms with Crippen LogP contribution in [0.3, 0.4) is 0 Å². The summed E-state index contributed by atoms with van der Waals surface area (Å²) < 4.78 is 1.66. The van der Waals surface area contributed by atoms with Crippen LogP contribution in [0.15, 0.2) is 6.20 Å². The number of nitrogens with one attached hydrogen (secondary N) is 1. The molecule has 1 rings (SSSR count). The van der Waals surface area contributed by atoms with Crippen molar-refractivity contribution in [1.82, 2.24) is 20.3 Å². The first kappa shape index (κ1) is 13.0. The van der Waals surface area contributed by atoms with Crippen molar-refractivity contribution in [2.75, 3.05) is 19.8 Å². The van der Waals surface area contributed by atoms with Gasteiger partial charge in [-0.05, 0) is 6.42 Å². The van der Waals surface area contributed by atoms with E-state index in [1.165, 1.54) is 0 Å². The van der Waals surface area contributed by atoms with Gasteiger partial charge >= 0.3 is 0 Å². The van der Waals surface area contributed by atoms with Crippen LogP contribution in [-0.2, 0) is 13.1 Å². The normalized spacial score (nSPS) is 12.9. The zero-order valence-electron chi connectivity index (χ0n) is 9.08. The highest BCUT2D eigenvalue weighted by Crippen LogP contribution is 1.94. The van der Waals surface area contributed by atoms with Gasteiger partial charge in [0.15, 0.2) is 0 Å². The maximum Gasteiger partial charge on any atom is 0.0964 e. The molecule has 1 aromatic heterocycles. The van der Waals surface area contributed by atoms with Gasteiger partial charge in [-0.1, -0.05) is 5.21 Å². The first-order valence-corrected chi connectivity index (χ1v) is 5.25. The predicted molar refractivity (Wildman–Crippen MR) is 56.5 cm³/mol. The second-order valence-corrected chi connectivity index (χ2v) is 3.52. The van der Waals surface area contributed by atoms with Crippen molar-refractivity contribution < 1.29 is 15.3 Å². The van der Waals surface area contributed by atoms with Gasteiger partial charge in [0.1, 0.15) is 0 Å². The predicted octanol–water partition coefficient (Wildman–Crippen LogP) is -1.90. The zero-order valence-corrected chi connectivity index (χ0v) is 9.08. The second kappa shape index (κ2) is 7.29. The van der Waals surface area contributed by atoms with Gasteiger partial charge in [-0.3, -0.25) is 4.68 Å². The van der Waals surface area contributed by atoms with E-state index in [0.717, 1.165) is 5.69 Å². The van der Waals surface area contributed by atoms with Gasteiger partial charge in [0.2, 0.25) is 0 Å². The Balaban J connectivity index is 2.23. The van der Waals surface area contributed by atoms with Crippen LogP contribution < -0.4 is 5.32 Å². The van der Waals surface area contributed by atoms with Crippen molar-refractivity contribution in [3.05, 3.63) is 11.9 Å². The van der Waals surface area contributed by atoms with Crippen LogP contribution in [0.2, 0.25) is 0 Å². The molecule has 0 spiro atoms. The van der Waals surface area contributed by atoms with E-state index in [-0.39, 0.29) is 13.2 Å². The summed E-state index contributed by atoms with van der Waals surface area (Å²) in [5, 5.41) is 37.0. The van der Waals surface area contributed by atoms with E-state index >= 15 is 0 Å². The molecule has 7 nitrogen and oxygen atoms in total. The molecule has 0 aromatic carbocycles. The summed E-state index contributed by atoms with van der Waals surface area (Å²) in [5.41, 5.74) is 0.767. The number of aromatic nitrogens is 3. The molecule has 7 heteroatoms. The number of rotatable bonds is 8. The molecule has 0 amide bonds. The molecule has 0 bridgehead atoms. The minimum Gasteiger partial charge on any atom is -0.396 e. The van der Waals surface area contributed by atoms with E-state index in [1.54, 1.807) is 10.9 Å². The largest absolute Gasteiger partial charge is 0.396 e. The highest BCUT2D eigenvalue weighted by molar-refractivity contribution is 4.91. The van der Waals surface area contributed by atoms with E-state index in [0.29, 0.717) is 26.1 Å². The van der Waals surface area contributed by atoms with Gasteiger partial charge in [-0.15, -0.1) is 5.10 Å². The van der Waals surface area contributed by atoms with Crippen LogP contribution in [0.1, 0.15) is 12.1 Å². The smallest absolute Gasteiger partial charge is 0.0964 e. The topological polar surface area (TPSA) is 103 Å². The minimum absolute atomic E-state index is 0.135. The van der Waals surface area contributed by atoms with Crippen molar-refractivity contribution >= 4 is 0 Å². The highest BCUT2D eigenvalue weighted by Gasteiger charge is 2.03. The summed E-state index contributed by atoms with van der Waals surface area (Å²) in [4.78, 5) is 0. The molecule has 0 aliphatic heterocycles. The van der Waals surface area contributed by atoms with E-state index in [4.69, 9.17) is 15.3 Å². The average molecular weight is 230 g/mol. The second-order valence-electron chi connectivity index (χ2n) is 3.52. The third-order valence-corrected chi connectivity index (χ3v) is 2.03. The fraction of sp³-hybridized carbons (Fsp3) is 0.778. The Morgan fingerprint density at radius 3 is 2.94 bits per heavy atom. The molecule has 0 radical (unpaired) electrons. The Kier molecular flexibility index (Phi) is 5.94. The summed E-state index contributed by atoms with van der Waals surface area (Å²) >= 11 is 0. The van der Waals surface area contributed by atoms with Gasteiger partial charge in [-0.25, -0.2) is 0 Å². The molecule has 1 atom stereocenters. The number of hydrogen-bond acceptors (Lipinski definition) is 6. The van der Waals surface area contributed by atoms with Gasteiger partial charge in [0.05, 0.1) is 18.4 Å². The highest BCUT2D eigenvalue weighted by atomic mass is 16.3. The first-order chi connectivity index (χ1) is 7.76. The van der Waals surface area contributed by atoms with Crippen LogP contribution in [0.4, 0.5) is 0 Å². The van der Waals surface area contributed by atoms with E-state index < -0.39 is 6.10 Å². The molecule has 0 saturated heterocycles. The number of hydrogen-bond donors (Lipinski definition) is 4. The third kappa shape index (κ3) is 4.67. The molecule has 1 aromatic rings. The molecule has 1 unspecified atom stereocenters. The molecule has 0 aliphatic carbocycles. The minimum atomic E-state index is -0.746. The van der Waals surface area contributed by atoms with Gasteiger partial charge in [0, 0.05) is 32.4 Å². The SMILES string of the molecule is OCCCn1cc(CNCC(O)CO)nn1. The maximum absolute atomic E-state index is 9.08. The fourth-order valence-electron chi connectivity index (χ4n) is 1.19. The Bertz CT molecular complexity index is 292. The summed E-state index contributed by atoms with van der Waals surface area (Å²) in [6.07, 6.45) is 1.69. The lowest BCUT2D eigenvalue weighted by Crippen LogP contribution is -2.29. The monoisotopic (exact) mass is 230 g/mol. The maximum atomic E-state index is 9.08. The molecule has 0 aliphatic rings. The fourth-order valence-corrected chi connectivity index (χ4v) is 1.19. The van der Waals surface area contributed by atoms with Crippen molar-refractivity contribution in [3.8, 4) is 0 Å². The standard InChI is InChI=1S/C9H18N4O3/c14-3-1-2-13-6-8(11-12-13)4-10-5-9(16)7-15/h6,9-10,14-16H,1-5,7H2. The lowest BCUT2D eigenvalue weighted by atomic mass is 10.3. The van der Waals surface area contributed by atoms with E-state index in [2.05, 4.69) is 15.6 Å².